The highest BCUT2D eigenvalue weighted by Gasteiger charge is 2.14. The van der Waals surface area contributed by atoms with Crippen LogP contribution in [0.4, 0.5) is 0 Å². The summed E-state index contributed by atoms with van der Waals surface area (Å²) in [5.74, 6) is 1.06. The monoisotopic (exact) mass is 372 g/mol. The molecule has 5 nitrogen and oxygen atoms in total. The van der Waals surface area contributed by atoms with E-state index >= 15 is 0 Å². The molecule has 1 aromatic heterocycles. The predicted octanol–water partition coefficient (Wildman–Crippen LogP) is 3.88. The van der Waals surface area contributed by atoms with Crippen LogP contribution in [0.15, 0.2) is 23.4 Å². The van der Waals surface area contributed by atoms with E-state index < -0.39 is 0 Å². The van der Waals surface area contributed by atoms with Gasteiger partial charge in [-0.2, -0.15) is 0 Å². The van der Waals surface area contributed by atoms with E-state index in [1.807, 2.05) is 31.4 Å². The normalized spacial score (nSPS) is 12.2. The van der Waals surface area contributed by atoms with E-state index in [4.69, 9.17) is 23.2 Å². The predicted molar refractivity (Wildman–Crippen MR) is 94.2 cm³/mol. The first kappa shape index (κ1) is 18.1. The molecule has 124 valence electrons. The van der Waals surface area contributed by atoms with Crippen molar-refractivity contribution in [1.29, 1.82) is 0 Å². The molecule has 0 saturated carbocycles. The lowest BCUT2D eigenvalue weighted by atomic mass is 10.1. The fourth-order valence-electron chi connectivity index (χ4n) is 2.11. The Hall–Kier alpha value is -1.24. The van der Waals surface area contributed by atoms with Crippen LogP contribution in [-0.2, 0) is 11.3 Å². The number of hydrogen-bond acceptors (Lipinski definition) is 4. The third kappa shape index (κ3) is 4.62. The van der Waals surface area contributed by atoms with Crippen LogP contribution in [0.1, 0.15) is 31.3 Å². The van der Waals surface area contributed by atoms with Crippen molar-refractivity contribution in [3.8, 4) is 0 Å². The second-order valence-corrected chi connectivity index (χ2v) is 6.78. The van der Waals surface area contributed by atoms with Gasteiger partial charge in [-0.3, -0.25) is 4.79 Å². The molecule has 1 heterocycles. The van der Waals surface area contributed by atoms with E-state index in [0.29, 0.717) is 10.0 Å². The van der Waals surface area contributed by atoms with Gasteiger partial charge < -0.3 is 9.88 Å². The van der Waals surface area contributed by atoms with Crippen molar-refractivity contribution < 1.29 is 4.79 Å². The first-order valence-electron chi connectivity index (χ1n) is 7.19. The number of aryl methyl sites for hydroxylation is 1. The van der Waals surface area contributed by atoms with Crippen molar-refractivity contribution >= 4 is 40.9 Å². The van der Waals surface area contributed by atoms with Gasteiger partial charge in [-0.05, 0) is 38.5 Å². The Bertz CT molecular complexity index is 705. The Morgan fingerprint density at radius 3 is 2.74 bits per heavy atom. The van der Waals surface area contributed by atoms with Crippen LogP contribution < -0.4 is 5.32 Å². The summed E-state index contributed by atoms with van der Waals surface area (Å²) >= 11 is 13.3. The highest BCUT2D eigenvalue weighted by Crippen LogP contribution is 2.25. The van der Waals surface area contributed by atoms with Gasteiger partial charge in [0.1, 0.15) is 5.82 Å². The molecule has 0 fully saturated rings. The van der Waals surface area contributed by atoms with Crippen LogP contribution >= 0.6 is 35.0 Å². The maximum Gasteiger partial charge on any atom is 0.230 e. The van der Waals surface area contributed by atoms with Crippen LogP contribution in [0.3, 0.4) is 0 Å². The molecule has 0 aliphatic carbocycles. The number of nitrogens with one attached hydrogen (secondary N) is 1. The smallest absolute Gasteiger partial charge is 0.230 e. The van der Waals surface area contributed by atoms with Crippen LogP contribution in [0.5, 0.6) is 0 Å². The Morgan fingerprint density at radius 2 is 2.09 bits per heavy atom. The number of nitrogens with zero attached hydrogens (tertiary/aromatic N) is 3. The number of rotatable bonds is 6. The number of aromatic nitrogens is 3. The summed E-state index contributed by atoms with van der Waals surface area (Å²) in [6, 6.07) is 5.19. The SMILES string of the molecule is CCn1c(C)nnc1SCC(=O)NC(C)c1ccc(Cl)c(Cl)c1. The summed E-state index contributed by atoms with van der Waals surface area (Å²) < 4.78 is 1.97. The van der Waals surface area contributed by atoms with Gasteiger partial charge in [-0.25, -0.2) is 0 Å². The molecule has 1 unspecified atom stereocenters. The number of carbonyl (C=O) groups is 1. The zero-order valence-electron chi connectivity index (χ0n) is 13.1. The first-order valence-corrected chi connectivity index (χ1v) is 8.93. The average molecular weight is 373 g/mol. The lowest BCUT2D eigenvalue weighted by Gasteiger charge is -2.15. The van der Waals surface area contributed by atoms with Gasteiger partial charge in [0.15, 0.2) is 5.16 Å². The molecule has 1 atom stereocenters. The second-order valence-electron chi connectivity index (χ2n) is 5.03. The number of amides is 1. The van der Waals surface area contributed by atoms with E-state index in [9.17, 15) is 4.79 Å². The van der Waals surface area contributed by atoms with E-state index in [1.54, 1.807) is 12.1 Å². The second kappa shape index (κ2) is 8.04. The van der Waals surface area contributed by atoms with Gasteiger partial charge in [0.05, 0.1) is 21.8 Å². The molecule has 2 rings (SSSR count). The summed E-state index contributed by atoms with van der Waals surface area (Å²) in [6.07, 6.45) is 0. The molecule has 1 aromatic carbocycles. The van der Waals surface area contributed by atoms with Crippen molar-refractivity contribution in [2.24, 2.45) is 0 Å². The molecule has 0 spiro atoms. The fourth-order valence-corrected chi connectivity index (χ4v) is 3.28. The Labute approximate surface area is 149 Å². The van der Waals surface area contributed by atoms with Crippen molar-refractivity contribution in [1.82, 2.24) is 20.1 Å². The molecular formula is C15H18Cl2N4OS. The standard InChI is InChI=1S/C15H18Cl2N4OS/c1-4-21-10(3)19-20-15(21)23-8-14(22)18-9(2)11-5-6-12(16)13(17)7-11/h5-7,9H,4,8H2,1-3H3,(H,18,22). The minimum absolute atomic E-state index is 0.0723. The molecule has 23 heavy (non-hydrogen) atoms. The third-order valence-corrected chi connectivity index (χ3v) is 5.08. The number of halogens is 2. The summed E-state index contributed by atoms with van der Waals surface area (Å²) in [5, 5.41) is 12.8. The van der Waals surface area contributed by atoms with Crippen molar-refractivity contribution in [2.75, 3.05) is 5.75 Å². The molecule has 0 aliphatic heterocycles. The summed E-state index contributed by atoms with van der Waals surface area (Å²) in [6.45, 7) is 6.60. The molecule has 0 aliphatic rings. The van der Waals surface area contributed by atoms with E-state index in [1.165, 1.54) is 11.8 Å². The summed E-state index contributed by atoms with van der Waals surface area (Å²) in [7, 11) is 0. The first-order chi connectivity index (χ1) is 10.9. The van der Waals surface area contributed by atoms with E-state index in [2.05, 4.69) is 15.5 Å². The number of hydrogen-bond donors (Lipinski definition) is 1. The van der Waals surface area contributed by atoms with Gasteiger partial charge in [-0.15, -0.1) is 10.2 Å². The quantitative estimate of drug-likeness (QED) is 0.781. The van der Waals surface area contributed by atoms with Crippen molar-refractivity contribution in [2.45, 2.75) is 38.5 Å². The summed E-state index contributed by atoms with van der Waals surface area (Å²) in [4.78, 5) is 12.1. The van der Waals surface area contributed by atoms with E-state index in [-0.39, 0.29) is 17.7 Å². The largest absolute Gasteiger partial charge is 0.349 e. The van der Waals surface area contributed by atoms with Gasteiger partial charge >= 0.3 is 0 Å². The minimum Gasteiger partial charge on any atom is -0.349 e. The molecular weight excluding hydrogens is 355 g/mol. The van der Waals surface area contributed by atoms with Gasteiger partial charge in [0.25, 0.3) is 0 Å². The lowest BCUT2D eigenvalue weighted by Crippen LogP contribution is -2.28. The molecule has 0 radical (unpaired) electrons. The maximum absolute atomic E-state index is 12.1. The van der Waals surface area contributed by atoms with Gasteiger partial charge in [0, 0.05) is 6.54 Å². The molecule has 0 saturated heterocycles. The van der Waals surface area contributed by atoms with Crippen molar-refractivity contribution in [3.05, 3.63) is 39.6 Å². The zero-order valence-corrected chi connectivity index (χ0v) is 15.5. The Kier molecular flexibility index (Phi) is 6.33. The average Bonchev–Trinajstić information content (AvgIpc) is 2.87. The van der Waals surface area contributed by atoms with Crippen LogP contribution in [-0.4, -0.2) is 26.4 Å². The summed E-state index contributed by atoms with van der Waals surface area (Å²) in [5.41, 5.74) is 0.908. The third-order valence-electron chi connectivity index (χ3n) is 3.37. The molecule has 8 heteroatoms. The zero-order chi connectivity index (χ0) is 17.0. The highest BCUT2D eigenvalue weighted by atomic mass is 35.5. The maximum atomic E-state index is 12.1. The van der Waals surface area contributed by atoms with Gasteiger partial charge in [0.2, 0.25) is 5.91 Å². The van der Waals surface area contributed by atoms with Gasteiger partial charge in [-0.1, -0.05) is 41.0 Å². The number of carbonyl (C=O) groups excluding carboxylic acids is 1. The number of benzene rings is 1. The van der Waals surface area contributed by atoms with E-state index in [0.717, 1.165) is 23.1 Å². The van der Waals surface area contributed by atoms with Crippen LogP contribution in [0, 0.1) is 6.92 Å². The lowest BCUT2D eigenvalue weighted by molar-refractivity contribution is -0.119. The Morgan fingerprint density at radius 1 is 1.35 bits per heavy atom. The van der Waals surface area contributed by atoms with Crippen molar-refractivity contribution in [3.63, 3.8) is 0 Å². The molecule has 1 amide bonds. The fraction of sp³-hybridized carbons (Fsp3) is 0.400. The number of thioether (sulfide) groups is 1. The topological polar surface area (TPSA) is 59.8 Å². The molecule has 2 aromatic rings. The Balaban J connectivity index is 1.92. The van der Waals surface area contributed by atoms with Crippen LogP contribution in [0.25, 0.3) is 0 Å². The highest BCUT2D eigenvalue weighted by molar-refractivity contribution is 7.99. The molecule has 0 bridgehead atoms. The van der Waals surface area contributed by atoms with Crippen LogP contribution in [0.2, 0.25) is 10.0 Å². The minimum atomic E-state index is -0.149. The molecule has 1 N–H and O–H groups in total.